The van der Waals surface area contributed by atoms with Gasteiger partial charge in [-0.05, 0) is 36.8 Å². The van der Waals surface area contributed by atoms with Gasteiger partial charge in [-0.2, -0.15) is 0 Å². The number of para-hydroxylation sites is 1. The number of aromatic nitrogens is 2. The van der Waals surface area contributed by atoms with Crippen LogP contribution in [0, 0.1) is 12.7 Å². The highest BCUT2D eigenvalue weighted by molar-refractivity contribution is 7.99. The minimum Gasteiger partial charge on any atom is -0.319 e. The fraction of sp³-hybridized carbons (Fsp3) is 0.200. The van der Waals surface area contributed by atoms with E-state index >= 15 is 0 Å². The Kier molecular flexibility index (Phi) is 6.26. The van der Waals surface area contributed by atoms with Crippen LogP contribution in [-0.4, -0.2) is 21.0 Å². The molecule has 0 radical (unpaired) electrons. The summed E-state index contributed by atoms with van der Waals surface area (Å²) in [6, 6.07) is 13.4. The summed E-state index contributed by atoms with van der Waals surface area (Å²) in [4.78, 5) is 25.1. The molecule has 28 heavy (non-hydrogen) atoms. The van der Waals surface area contributed by atoms with Crippen LogP contribution < -0.4 is 10.9 Å². The monoisotopic (exact) mass is 419 g/mol. The van der Waals surface area contributed by atoms with Gasteiger partial charge in [-0.3, -0.25) is 14.3 Å². The van der Waals surface area contributed by atoms with Crippen molar-refractivity contribution in [3.05, 3.63) is 81.0 Å². The molecule has 3 aromatic rings. The van der Waals surface area contributed by atoms with Crippen LogP contribution in [-0.2, 0) is 17.6 Å². The standard InChI is InChI=1S/C20H19ClFN3O2S/c1-13-19(20(27)25(24(13)2)16-6-4-3-5-7-16)23-18(26)12-28-11-14-8-9-15(22)10-17(14)21/h3-10H,11-12H2,1-2H3,(H,23,26). The molecule has 1 heterocycles. The lowest BCUT2D eigenvalue weighted by atomic mass is 10.2. The molecule has 0 fully saturated rings. The van der Waals surface area contributed by atoms with E-state index in [0.29, 0.717) is 16.5 Å². The third-order valence-corrected chi connectivity index (χ3v) is 5.66. The number of carbonyl (C=O) groups is 1. The Labute approximate surface area is 171 Å². The number of nitrogens with one attached hydrogen (secondary N) is 1. The van der Waals surface area contributed by atoms with E-state index in [0.717, 1.165) is 11.3 Å². The highest BCUT2D eigenvalue weighted by Crippen LogP contribution is 2.22. The number of thioether (sulfide) groups is 1. The average molecular weight is 420 g/mol. The van der Waals surface area contributed by atoms with Crippen LogP contribution in [0.5, 0.6) is 0 Å². The Morgan fingerprint density at radius 2 is 1.93 bits per heavy atom. The highest BCUT2D eigenvalue weighted by atomic mass is 35.5. The van der Waals surface area contributed by atoms with E-state index in [4.69, 9.17) is 11.6 Å². The Morgan fingerprint density at radius 3 is 2.61 bits per heavy atom. The first-order valence-electron chi connectivity index (χ1n) is 8.54. The maximum atomic E-state index is 13.1. The van der Waals surface area contributed by atoms with Crippen LogP contribution in [0.2, 0.25) is 5.02 Å². The lowest BCUT2D eigenvalue weighted by Crippen LogP contribution is -2.23. The van der Waals surface area contributed by atoms with Crippen molar-refractivity contribution in [3.8, 4) is 5.69 Å². The molecular weight excluding hydrogens is 401 g/mol. The molecule has 0 aliphatic carbocycles. The van der Waals surface area contributed by atoms with E-state index < -0.39 is 5.82 Å². The van der Waals surface area contributed by atoms with Gasteiger partial charge in [0, 0.05) is 17.8 Å². The van der Waals surface area contributed by atoms with Gasteiger partial charge in [-0.25, -0.2) is 9.07 Å². The number of carbonyl (C=O) groups excluding carboxylic acids is 1. The van der Waals surface area contributed by atoms with E-state index in [9.17, 15) is 14.0 Å². The quantitative estimate of drug-likeness (QED) is 0.653. The number of halogens is 2. The normalized spacial score (nSPS) is 10.9. The maximum absolute atomic E-state index is 13.1. The Hall–Kier alpha value is -2.51. The van der Waals surface area contributed by atoms with E-state index in [-0.39, 0.29) is 22.9 Å². The van der Waals surface area contributed by atoms with Crippen molar-refractivity contribution in [3.63, 3.8) is 0 Å². The Bertz CT molecular complexity index is 1060. The predicted octanol–water partition coefficient (Wildman–Crippen LogP) is 4.15. The lowest BCUT2D eigenvalue weighted by molar-refractivity contribution is -0.113. The van der Waals surface area contributed by atoms with Crippen molar-refractivity contribution >= 4 is 35.0 Å². The van der Waals surface area contributed by atoms with Gasteiger partial charge < -0.3 is 5.32 Å². The second-order valence-corrected chi connectivity index (χ2v) is 7.61. The van der Waals surface area contributed by atoms with Crippen LogP contribution in [0.15, 0.2) is 53.3 Å². The molecule has 1 amide bonds. The molecule has 0 saturated carbocycles. The number of rotatable bonds is 6. The van der Waals surface area contributed by atoms with Gasteiger partial charge in [0.25, 0.3) is 5.56 Å². The molecule has 0 saturated heterocycles. The van der Waals surface area contributed by atoms with Crippen LogP contribution >= 0.6 is 23.4 Å². The number of hydrogen-bond donors (Lipinski definition) is 1. The van der Waals surface area contributed by atoms with E-state index in [1.165, 1.54) is 28.6 Å². The topological polar surface area (TPSA) is 56.0 Å². The fourth-order valence-electron chi connectivity index (χ4n) is 2.78. The summed E-state index contributed by atoms with van der Waals surface area (Å²) in [5.74, 6) is -0.0681. The third-order valence-electron chi connectivity index (χ3n) is 4.32. The summed E-state index contributed by atoms with van der Waals surface area (Å²) >= 11 is 7.33. The lowest BCUT2D eigenvalue weighted by Gasteiger charge is -2.07. The number of benzene rings is 2. The largest absolute Gasteiger partial charge is 0.319 e. The summed E-state index contributed by atoms with van der Waals surface area (Å²) in [6.45, 7) is 1.78. The molecule has 8 heteroatoms. The Morgan fingerprint density at radius 1 is 1.21 bits per heavy atom. The van der Waals surface area contributed by atoms with Gasteiger partial charge in [0.2, 0.25) is 5.91 Å². The summed E-state index contributed by atoms with van der Waals surface area (Å²) in [6.07, 6.45) is 0. The first kappa shape index (κ1) is 20.2. The van der Waals surface area contributed by atoms with E-state index in [1.54, 1.807) is 24.7 Å². The molecular formula is C20H19ClFN3O2S. The molecule has 146 valence electrons. The smallest absolute Gasteiger partial charge is 0.295 e. The van der Waals surface area contributed by atoms with Crippen molar-refractivity contribution in [1.29, 1.82) is 0 Å². The molecule has 1 N–H and O–H groups in total. The van der Waals surface area contributed by atoms with Gasteiger partial charge in [0.15, 0.2) is 0 Å². The SMILES string of the molecule is Cc1c(NC(=O)CSCc2ccc(F)cc2Cl)c(=O)n(-c2ccccc2)n1C. The number of hydrogen-bond acceptors (Lipinski definition) is 3. The first-order chi connectivity index (χ1) is 13.4. The van der Waals surface area contributed by atoms with Crippen molar-refractivity contribution < 1.29 is 9.18 Å². The number of amides is 1. The summed E-state index contributed by atoms with van der Waals surface area (Å²) in [5.41, 5.74) is 2.11. The van der Waals surface area contributed by atoms with Crippen molar-refractivity contribution in [2.24, 2.45) is 7.05 Å². The summed E-state index contributed by atoms with van der Waals surface area (Å²) < 4.78 is 16.3. The van der Waals surface area contributed by atoms with E-state index in [2.05, 4.69) is 5.32 Å². The van der Waals surface area contributed by atoms with E-state index in [1.807, 2.05) is 30.3 Å². The first-order valence-corrected chi connectivity index (χ1v) is 10.1. The predicted molar refractivity (Wildman–Crippen MR) is 112 cm³/mol. The minimum absolute atomic E-state index is 0.146. The van der Waals surface area contributed by atoms with Crippen LogP contribution in [0.3, 0.4) is 0 Å². The van der Waals surface area contributed by atoms with Crippen LogP contribution in [0.1, 0.15) is 11.3 Å². The molecule has 0 aliphatic rings. The van der Waals surface area contributed by atoms with Crippen molar-refractivity contribution in [1.82, 2.24) is 9.36 Å². The van der Waals surface area contributed by atoms with Crippen molar-refractivity contribution in [2.75, 3.05) is 11.1 Å². The molecule has 3 rings (SSSR count). The second kappa shape index (κ2) is 8.67. The van der Waals surface area contributed by atoms with Gasteiger partial charge in [0.05, 0.1) is 17.1 Å². The second-order valence-electron chi connectivity index (χ2n) is 6.21. The number of anilines is 1. The summed E-state index contributed by atoms with van der Waals surface area (Å²) in [7, 11) is 1.77. The molecule has 0 unspecified atom stereocenters. The molecule has 1 aromatic heterocycles. The zero-order valence-electron chi connectivity index (χ0n) is 15.4. The molecule has 0 bridgehead atoms. The maximum Gasteiger partial charge on any atom is 0.295 e. The van der Waals surface area contributed by atoms with Gasteiger partial charge in [-0.15, -0.1) is 11.8 Å². The fourth-order valence-corrected chi connectivity index (χ4v) is 3.92. The Balaban J connectivity index is 1.68. The molecule has 0 atom stereocenters. The summed E-state index contributed by atoms with van der Waals surface area (Å²) in [5, 5.41) is 3.04. The zero-order chi connectivity index (χ0) is 20.3. The third kappa shape index (κ3) is 4.31. The highest BCUT2D eigenvalue weighted by Gasteiger charge is 2.18. The molecule has 2 aromatic carbocycles. The molecule has 5 nitrogen and oxygen atoms in total. The van der Waals surface area contributed by atoms with Gasteiger partial charge in [0.1, 0.15) is 11.5 Å². The minimum atomic E-state index is -0.397. The average Bonchev–Trinajstić information content (AvgIpc) is 2.87. The van der Waals surface area contributed by atoms with Gasteiger partial charge >= 0.3 is 0 Å². The molecule has 0 aliphatic heterocycles. The zero-order valence-corrected chi connectivity index (χ0v) is 17.0. The van der Waals surface area contributed by atoms with Crippen molar-refractivity contribution in [2.45, 2.75) is 12.7 Å². The molecule has 0 spiro atoms. The van der Waals surface area contributed by atoms with Crippen LogP contribution in [0.4, 0.5) is 10.1 Å². The number of nitrogens with zero attached hydrogens (tertiary/aromatic N) is 2. The van der Waals surface area contributed by atoms with Crippen LogP contribution in [0.25, 0.3) is 5.69 Å². The van der Waals surface area contributed by atoms with Gasteiger partial charge in [-0.1, -0.05) is 35.9 Å².